The molecular weight excluding hydrogens is 232 g/mol. The molecule has 2 rings (SSSR count). The standard InChI is InChI=1S/C13H20N2OS/c1-11-9-17-10-12(11)8-14-13(16)15-6-4-2-3-5-7-15/h9-10H,2-8H2,1H3,(H,14,16). The third-order valence-corrected chi connectivity index (χ3v) is 4.20. The molecule has 0 spiro atoms. The third-order valence-electron chi connectivity index (χ3n) is 3.28. The van der Waals surface area contributed by atoms with E-state index in [4.69, 9.17) is 0 Å². The van der Waals surface area contributed by atoms with Gasteiger partial charge in [-0.15, -0.1) is 0 Å². The van der Waals surface area contributed by atoms with Crippen LogP contribution in [0.4, 0.5) is 4.79 Å². The Morgan fingerprint density at radius 1 is 1.29 bits per heavy atom. The van der Waals surface area contributed by atoms with E-state index in [2.05, 4.69) is 23.0 Å². The summed E-state index contributed by atoms with van der Waals surface area (Å²) in [6.45, 7) is 4.57. The molecule has 0 bridgehead atoms. The van der Waals surface area contributed by atoms with Crippen LogP contribution in [0.2, 0.25) is 0 Å². The lowest BCUT2D eigenvalue weighted by Gasteiger charge is -2.20. The summed E-state index contributed by atoms with van der Waals surface area (Å²) in [7, 11) is 0. The number of carbonyl (C=O) groups excluding carboxylic acids is 1. The van der Waals surface area contributed by atoms with Gasteiger partial charge in [0.05, 0.1) is 0 Å². The van der Waals surface area contributed by atoms with Gasteiger partial charge in [0.25, 0.3) is 0 Å². The Morgan fingerprint density at radius 2 is 2.00 bits per heavy atom. The van der Waals surface area contributed by atoms with Crippen LogP contribution in [-0.2, 0) is 6.54 Å². The molecular formula is C13H20N2OS. The number of hydrogen-bond acceptors (Lipinski definition) is 2. The van der Waals surface area contributed by atoms with E-state index < -0.39 is 0 Å². The van der Waals surface area contributed by atoms with Gasteiger partial charge in [0.2, 0.25) is 0 Å². The number of carbonyl (C=O) groups is 1. The lowest BCUT2D eigenvalue weighted by Crippen LogP contribution is -2.40. The fourth-order valence-electron chi connectivity index (χ4n) is 2.12. The quantitative estimate of drug-likeness (QED) is 0.861. The first kappa shape index (κ1) is 12.4. The van der Waals surface area contributed by atoms with Crippen molar-refractivity contribution in [2.24, 2.45) is 0 Å². The minimum atomic E-state index is 0.0949. The van der Waals surface area contributed by atoms with Gasteiger partial charge in [-0.2, -0.15) is 11.3 Å². The number of amides is 2. The Hall–Kier alpha value is -1.03. The van der Waals surface area contributed by atoms with Crippen molar-refractivity contribution < 1.29 is 4.79 Å². The van der Waals surface area contributed by atoms with Crippen molar-refractivity contribution in [1.29, 1.82) is 0 Å². The topological polar surface area (TPSA) is 32.3 Å². The molecule has 0 saturated carbocycles. The van der Waals surface area contributed by atoms with E-state index in [0.717, 1.165) is 25.9 Å². The fourth-order valence-corrected chi connectivity index (χ4v) is 2.98. The van der Waals surface area contributed by atoms with Crippen LogP contribution in [0.3, 0.4) is 0 Å². The minimum absolute atomic E-state index is 0.0949. The van der Waals surface area contributed by atoms with Crippen LogP contribution in [0.15, 0.2) is 10.8 Å². The van der Waals surface area contributed by atoms with Crippen molar-refractivity contribution in [3.05, 3.63) is 21.9 Å². The highest BCUT2D eigenvalue weighted by molar-refractivity contribution is 7.08. The zero-order valence-electron chi connectivity index (χ0n) is 10.4. The van der Waals surface area contributed by atoms with E-state index in [0.29, 0.717) is 6.54 Å². The Labute approximate surface area is 107 Å². The van der Waals surface area contributed by atoms with E-state index in [1.807, 2.05) is 4.90 Å². The molecule has 1 aromatic heterocycles. The van der Waals surface area contributed by atoms with Crippen LogP contribution in [0, 0.1) is 6.92 Å². The molecule has 1 saturated heterocycles. The predicted molar refractivity (Wildman–Crippen MR) is 71.3 cm³/mol. The highest BCUT2D eigenvalue weighted by Gasteiger charge is 2.14. The SMILES string of the molecule is Cc1cscc1CNC(=O)N1CCCCCC1. The maximum atomic E-state index is 12.0. The van der Waals surface area contributed by atoms with Gasteiger partial charge in [-0.1, -0.05) is 12.8 Å². The fraction of sp³-hybridized carbons (Fsp3) is 0.615. The highest BCUT2D eigenvalue weighted by atomic mass is 32.1. The lowest BCUT2D eigenvalue weighted by atomic mass is 10.2. The van der Waals surface area contributed by atoms with Crippen molar-refractivity contribution in [2.75, 3.05) is 13.1 Å². The Bertz CT molecular complexity index is 367. The summed E-state index contributed by atoms with van der Waals surface area (Å²) < 4.78 is 0. The van der Waals surface area contributed by atoms with E-state index in [-0.39, 0.29) is 6.03 Å². The van der Waals surface area contributed by atoms with Crippen LogP contribution >= 0.6 is 11.3 Å². The molecule has 0 aromatic carbocycles. The zero-order chi connectivity index (χ0) is 12.1. The van der Waals surface area contributed by atoms with Crippen LogP contribution < -0.4 is 5.32 Å². The molecule has 3 nitrogen and oxygen atoms in total. The van der Waals surface area contributed by atoms with Crippen LogP contribution in [-0.4, -0.2) is 24.0 Å². The van der Waals surface area contributed by atoms with Crippen molar-refractivity contribution in [3.8, 4) is 0 Å². The van der Waals surface area contributed by atoms with Gasteiger partial charge in [0, 0.05) is 19.6 Å². The number of rotatable bonds is 2. The van der Waals surface area contributed by atoms with Gasteiger partial charge in [-0.25, -0.2) is 4.79 Å². The molecule has 1 aliphatic rings. The first-order valence-corrected chi connectivity index (χ1v) is 7.26. The van der Waals surface area contributed by atoms with Crippen molar-refractivity contribution in [3.63, 3.8) is 0 Å². The smallest absolute Gasteiger partial charge is 0.317 e. The third kappa shape index (κ3) is 3.46. The predicted octanol–water partition coefficient (Wildman–Crippen LogP) is 3.14. The number of thiophene rings is 1. The Kier molecular flexibility index (Phi) is 4.42. The number of nitrogens with zero attached hydrogens (tertiary/aromatic N) is 1. The molecule has 4 heteroatoms. The van der Waals surface area contributed by atoms with Crippen molar-refractivity contribution >= 4 is 17.4 Å². The minimum Gasteiger partial charge on any atom is -0.334 e. The Morgan fingerprint density at radius 3 is 2.59 bits per heavy atom. The molecule has 1 aromatic rings. The van der Waals surface area contributed by atoms with Gasteiger partial charge in [0.15, 0.2) is 0 Å². The number of hydrogen-bond donors (Lipinski definition) is 1. The van der Waals surface area contributed by atoms with Gasteiger partial charge in [0.1, 0.15) is 0 Å². The molecule has 2 heterocycles. The summed E-state index contributed by atoms with van der Waals surface area (Å²) in [5, 5.41) is 7.24. The number of urea groups is 1. The molecule has 94 valence electrons. The molecule has 0 aliphatic carbocycles. The van der Waals surface area contributed by atoms with E-state index in [9.17, 15) is 4.79 Å². The average molecular weight is 252 g/mol. The van der Waals surface area contributed by atoms with Gasteiger partial charge in [-0.3, -0.25) is 0 Å². The first-order valence-electron chi connectivity index (χ1n) is 6.32. The molecule has 1 fully saturated rings. The summed E-state index contributed by atoms with van der Waals surface area (Å²) >= 11 is 1.69. The Balaban J connectivity index is 1.82. The van der Waals surface area contributed by atoms with Gasteiger partial charge >= 0.3 is 6.03 Å². The second kappa shape index (κ2) is 6.05. The maximum absolute atomic E-state index is 12.0. The average Bonchev–Trinajstić information content (AvgIpc) is 2.58. The second-order valence-corrected chi connectivity index (χ2v) is 5.38. The molecule has 17 heavy (non-hydrogen) atoms. The van der Waals surface area contributed by atoms with Gasteiger partial charge in [-0.05, 0) is 41.7 Å². The maximum Gasteiger partial charge on any atom is 0.317 e. The molecule has 0 atom stereocenters. The molecule has 2 amide bonds. The lowest BCUT2D eigenvalue weighted by molar-refractivity contribution is 0.199. The first-order chi connectivity index (χ1) is 8.27. The second-order valence-electron chi connectivity index (χ2n) is 4.64. The summed E-state index contributed by atoms with van der Waals surface area (Å²) in [6, 6.07) is 0.0949. The van der Waals surface area contributed by atoms with Gasteiger partial charge < -0.3 is 10.2 Å². The van der Waals surface area contributed by atoms with Crippen LogP contribution in [0.25, 0.3) is 0 Å². The number of aryl methyl sites for hydroxylation is 1. The molecule has 0 radical (unpaired) electrons. The molecule has 0 unspecified atom stereocenters. The summed E-state index contributed by atoms with van der Waals surface area (Å²) in [6.07, 6.45) is 4.80. The summed E-state index contributed by atoms with van der Waals surface area (Å²) in [5.41, 5.74) is 2.50. The van der Waals surface area contributed by atoms with Crippen LogP contribution in [0.5, 0.6) is 0 Å². The van der Waals surface area contributed by atoms with Crippen LogP contribution in [0.1, 0.15) is 36.8 Å². The zero-order valence-corrected chi connectivity index (χ0v) is 11.2. The number of nitrogens with one attached hydrogen (secondary N) is 1. The highest BCUT2D eigenvalue weighted by Crippen LogP contribution is 2.14. The summed E-state index contributed by atoms with van der Waals surface area (Å²) in [4.78, 5) is 13.9. The monoisotopic (exact) mass is 252 g/mol. The molecule has 1 N–H and O–H groups in total. The normalized spacial score (nSPS) is 16.6. The van der Waals surface area contributed by atoms with E-state index in [1.54, 1.807) is 11.3 Å². The van der Waals surface area contributed by atoms with E-state index in [1.165, 1.54) is 24.0 Å². The number of likely N-dealkylation sites (tertiary alicyclic amines) is 1. The summed E-state index contributed by atoms with van der Waals surface area (Å²) in [5.74, 6) is 0. The van der Waals surface area contributed by atoms with E-state index >= 15 is 0 Å². The van der Waals surface area contributed by atoms with Crippen molar-refractivity contribution in [2.45, 2.75) is 39.2 Å². The molecule has 1 aliphatic heterocycles. The van der Waals surface area contributed by atoms with Crippen molar-refractivity contribution in [1.82, 2.24) is 10.2 Å². The largest absolute Gasteiger partial charge is 0.334 e.